The zero-order valence-electron chi connectivity index (χ0n) is 16.5. The Hall–Kier alpha value is -3.00. The van der Waals surface area contributed by atoms with Gasteiger partial charge in [0.25, 0.3) is 5.56 Å². The number of carbonyl (C=O) groups is 1. The van der Waals surface area contributed by atoms with Gasteiger partial charge in [-0.3, -0.25) is 14.2 Å². The van der Waals surface area contributed by atoms with Crippen LogP contribution in [0.1, 0.15) is 23.7 Å². The second kappa shape index (κ2) is 8.39. The van der Waals surface area contributed by atoms with Crippen LogP contribution < -0.4 is 5.56 Å². The van der Waals surface area contributed by atoms with Gasteiger partial charge >= 0.3 is 0 Å². The number of amides is 1. The summed E-state index contributed by atoms with van der Waals surface area (Å²) in [4.78, 5) is 31.2. The average Bonchev–Trinajstić information content (AvgIpc) is 2.92. The van der Waals surface area contributed by atoms with Gasteiger partial charge in [-0.1, -0.05) is 42.5 Å². The fraction of sp³-hybridized carbons (Fsp3) is 0.318. The molecular weight excluding hydrogens is 402 g/mol. The minimum absolute atomic E-state index is 0.0597. The minimum atomic E-state index is -3.34. The molecule has 2 heterocycles. The lowest BCUT2D eigenvalue weighted by molar-refractivity contribution is -0.131. The fourth-order valence-corrected chi connectivity index (χ4v) is 5.67. The number of sulfone groups is 1. The van der Waals surface area contributed by atoms with Crippen molar-refractivity contribution in [2.24, 2.45) is 0 Å². The zero-order chi connectivity index (χ0) is 21.1. The summed E-state index contributed by atoms with van der Waals surface area (Å²) in [6.45, 7) is 0.763. The van der Waals surface area contributed by atoms with Gasteiger partial charge in [0.1, 0.15) is 0 Å². The third-order valence-electron chi connectivity index (χ3n) is 5.56. The molecule has 8 heteroatoms. The number of hydrogen-bond donors (Lipinski definition) is 0. The molecule has 1 aliphatic rings. The summed E-state index contributed by atoms with van der Waals surface area (Å²) in [5, 5.41) is -0.0807. The topological polar surface area (TPSA) is 89.3 Å². The number of rotatable bonds is 4. The van der Waals surface area contributed by atoms with E-state index in [1.165, 1.54) is 10.9 Å². The SMILES string of the molecule is O=C(CCn1cnc2ccccc2c1=O)N1CCC(c2ccccc2)S(=O)(=O)CC1. The minimum Gasteiger partial charge on any atom is -0.342 e. The van der Waals surface area contributed by atoms with E-state index in [1.54, 1.807) is 23.1 Å². The highest BCUT2D eigenvalue weighted by atomic mass is 32.2. The zero-order valence-corrected chi connectivity index (χ0v) is 17.3. The molecule has 3 aromatic rings. The molecule has 1 atom stereocenters. The molecule has 1 unspecified atom stereocenters. The average molecular weight is 426 g/mol. The van der Waals surface area contributed by atoms with E-state index in [0.29, 0.717) is 23.9 Å². The summed E-state index contributed by atoms with van der Waals surface area (Å²) in [5.74, 6) is -0.213. The van der Waals surface area contributed by atoms with Crippen molar-refractivity contribution in [1.29, 1.82) is 0 Å². The van der Waals surface area contributed by atoms with E-state index in [0.717, 1.165) is 5.56 Å². The van der Waals surface area contributed by atoms with Gasteiger partial charge in [-0.15, -0.1) is 0 Å². The van der Waals surface area contributed by atoms with E-state index in [4.69, 9.17) is 0 Å². The van der Waals surface area contributed by atoms with Crippen LogP contribution in [0.5, 0.6) is 0 Å². The normalized spacial score (nSPS) is 18.8. The Morgan fingerprint density at radius 3 is 2.57 bits per heavy atom. The first kappa shape index (κ1) is 20.3. The van der Waals surface area contributed by atoms with Crippen LogP contribution >= 0.6 is 0 Å². The summed E-state index contributed by atoms with van der Waals surface area (Å²) in [6, 6.07) is 16.2. The maximum atomic E-state index is 12.7. The van der Waals surface area contributed by atoms with Crippen LogP contribution in [0.2, 0.25) is 0 Å². The van der Waals surface area contributed by atoms with Crippen molar-refractivity contribution in [2.45, 2.75) is 24.6 Å². The number of benzene rings is 2. The standard InChI is InChI=1S/C22H23N3O4S/c26-21(11-13-25-16-23-19-9-5-4-8-18(19)22(25)27)24-12-10-20(30(28,29)15-14-24)17-6-2-1-3-7-17/h1-9,16,20H,10-15H2. The molecule has 7 nitrogen and oxygen atoms in total. The summed E-state index contributed by atoms with van der Waals surface area (Å²) >= 11 is 0. The number of hydrogen-bond acceptors (Lipinski definition) is 5. The smallest absolute Gasteiger partial charge is 0.261 e. The maximum absolute atomic E-state index is 12.7. The quantitative estimate of drug-likeness (QED) is 0.639. The van der Waals surface area contributed by atoms with Gasteiger partial charge in [0, 0.05) is 26.1 Å². The van der Waals surface area contributed by atoms with Crippen molar-refractivity contribution in [1.82, 2.24) is 14.5 Å². The molecule has 4 rings (SSSR count). The Kier molecular flexibility index (Phi) is 5.67. The van der Waals surface area contributed by atoms with E-state index in [-0.39, 0.29) is 36.7 Å². The molecule has 0 radical (unpaired) electrons. The number of aryl methyl sites for hydroxylation is 1. The van der Waals surface area contributed by atoms with Crippen LogP contribution in [0.25, 0.3) is 10.9 Å². The lowest BCUT2D eigenvalue weighted by atomic mass is 10.1. The molecule has 1 aromatic heterocycles. The molecule has 0 saturated carbocycles. The van der Waals surface area contributed by atoms with E-state index in [9.17, 15) is 18.0 Å². The molecule has 1 fully saturated rings. The molecule has 1 saturated heterocycles. The number of nitrogens with zero attached hydrogens (tertiary/aromatic N) is 3. The van der Waals surface area contributed by atoms with Gasteiger partial charge in [-0.05, 0) is 24.1 Å². The summed E-state index contributed by atoms with van der Waals surface area (Å²) in [7, 11) is -3.34. The molecular formula is C22H23N3O4S. The third kappa shape index (κ3) is 4.14. The third-order valence-corrected chi connectivity index (χ3v) is 7.69. The Morgan fingerprint density at radius 2 is 1.77 bits per heavy atom. The van der Waals surface area contributed by atoms with Crippen LogP contribution in [0.4, 0.5) is 0 Å². The van der Waals surface area contributed by atoms with Crippen molar-refractivity contribution in [3.8, 4) is 0 Å². The van der Waals surface area contributed by atoms with Crippen LogP contribution in [-0.4, -0.2) is 47.6 Å². The highest BCUT2D eigenvalue weighted by Gasteiger charge is 2.32. The Morgan fingerprint density at radius 1 is 1.03 bits per heavy atom. The molecule has 1 aliphatic heterocycles. The maximum Gasteiger partial charge on any atom is 0.261 e. The monoisotopic (exact) mass is 425 g/mol. The predicted molar refractivity (Wildman–Crippen MR) is 115 cm³/mol. The van der Waals surface area contributed by atoms with Crippen molar-refractivity contribution in [3.05, 3.63) is 76.8 Å². The van der Waals surface area contributed by atoms with E-state index >= 15 is 0 Å². The number of aromatic nitrogens is 2. The van der Waals surface area contributed by atoms with Crippen molar-refractivity contribution in [3.63, 3.8) is 0 Å². The lowest BCUT2D eigenvalue weighted by Gasteiger charge is -2.20. The van der Waals surface area contributed by atoms with Gasteiger partial charge in [0.15, 0.2) is 9.84 Å². The molecule has 1 amide bonds. The van der Waals surface area contributed by atoms with Crippen LogP contribution in [0.15, 0.2) is 65.7 Å². The highest BCUT2D eigenvalue weighted by molar-refractivity contribution is 7.91. The highest BCUT2D eigenvalue weighted by Crippen LogP contribution is 2.29. The Bertz CT molecular complexity index is 1220. The fourth-order valence-electron chi connectivity index (χ4n) is 3.87. The van der Waals surface area contributed by atoms with E-state index in [1.807, 2.05) is 36.4 Å². The first-order valence-corrected chi connectivity index (χ1v) is 11.7. The van der Waals surface area contributed by atoms with Crippen molar-refractivity contribution < 1.29 is 13.2 Å². The molecule has 0 spiro atoms. The van der Waals surface area contributed by atoms with Crippen LogP contribution in [0.3, 0.4) is 0 Å². The summed E-state index contributed by atoms with van der Waals surface area (Å²) in [5.41, 5.74) is 1.20. The molecule has 30 heavy (non-hydrogen) atoms. The van der Waals surface area contributed by atoms with E-state index < -0.39 is 15.1 Å². The number of fused-ring (bicyclic) bond motifs is 1. The molecule has 156 valence electrons. The first-order chi connectivity index (χ1) is 14.5. The largest absolute Gasteiger partial charge is 0.342 e. The molecule has 0 bridgehead atoms. The van der Waals surface area contributed by atoms with Crippen molar-refractivity contribution >= 4 is 26.6 Å². The van der Waals surface area contributed by atoms with Crippen molar-refractivity contribution in [2.75, 3.05) is 18.8 Å². The van der Waals surface area contributed by atoms with E-state index in [2.05, 4.69) is 4.98 Å². The first-order valence-electron chi connectivity index (χ1n) is 9.94. The second-order valence-corrected chi connectivity index (χ2v) is 9.75. The van der Waals surface area contributed by atoms with Gasteiger partial charge in [-0.2, -0.15) is 0 Å². The van der Waals surface area contributed by atoms with Gasteiger partial charge in [0.05, 0.1) is 28.2 Å². The van der Waals surface area contributed by atoms with Gasteiger partial charge in [0.2, 0.25) is 5.91 Å². The Labute approximate surface area is 174 Å². The number of carbonyl (C=O) groups excluding carboxylic acids is 1. The molecule has 0 N–H and O–H groups in total. The van der Waals surface area contributed by atoms with Crippen LogP contribution in [-0.2, 0) is 21.2 Å². The Balaban J connectivity index is 1.45. The van der Waals surface area contributed by atoms with Gasteiger partial charge in [-0.25, -0.2) is 13.4 Å². The predicted octanol–water partition coefficient (Wildman–Crippen LogP) is 2.17. The lowest BCUT2D eigenvalue weighted by Crippen LogP contribution is -2.35. The summed E-state index contributed by atoms with van der Waals surface area (Å²) in [6.07, 6.45) is 1.95. The second-order valence-electron chi connectivity index (χ2n) is 7.45. The molecule has 2 aromatic carbocycles. The summed E-state index contributed by atoms with van der Waals surface area (Å²) < 4.78 is 26.9. The van der Waals surface area contributed by atoms with Gasteiger partial charge < -0.3 is 4.90 Å². The molecule has 0 aliphatic carbocycles. The number of para-hydroxylation sites is 1. The van der Waals surface area contributed by atoms with Crippen LogP contribution in [0, 0.1) is 0 Å².